The Morgan fingerprint density at radius 1 is 1.32 bits per heavy atom. The van der Waals surface area contributed by atoms with Crippen molar-refractivity contribution in [3.05, 3.63) is 23.8 Å². The number of methoxy groups -OCH3 is 1. The van der Waals surface area contributed by atoms with Crippen molar-refractivity contribution in [3.8, 4) is 11.5 Å². The van der Waals surface area contributed by atoms with Crippen molar-refractivity contribution in [2.24, 2.45) is 4.99 Å². The third kappa shape index (κ3) is 4.36. The van der Waals surface area contributed by atoms with E-state index >= 15 is 0 Å². The van der Waals surface area contributed by atoms with Crippen LogP contribution >= 0.6 is 0 Å². The zero-order chi connectivity index (χ0) is 15.8. The number of aliphatic imine (C=N–C) groups is 1. The van der Waals surface area contributed by atoms with Gasteiger partial charge in [-0.1, -0.05) is 6.92 Å². The van der Waals surface area contributed by atoms with Crippen LogP contribution < -0.4 is 14.8 Å². The molecule has 0 atom stereocenters. The molecular weight excluding hydrogens is 288 g/mol. The number of rotatable bonds is 6. The van der Waals surface area contributed by atoms with Gasteiger partial charge in [-0.2, -0.15) is 0 Å². The number of amides is 1. The number of hydrogen-bond donors (Lipinski definition) is 1. The maximum Gasteiger partial charge on any atom is 0.291 e. The van der Waals surface area contributed by atoms with Crippen molar-refractivity contribution in [2.75, 3.05) is 33.7 Å². The van der Waals surface area contributed by atoms with Gasteiger partial charge in [0.1, 0.15) is 0 Å². The number of carbonyl (C=O) groups is 1. The van der Waals surface area contributed by atoms with Crippen molar-refractivity contribution >= 4 is 11.9 Å². The number of carbonyl (C=O) groups excluding carboxylic acids is 1. The molecule has 0 bridgehead atoms. The van der Waals surface area contributed by atoms with Crippen LogP contribution in [0.1, 0.15) is 23.7 Å². The molecule has 0 saturated heterocycles. The summed E-state index contributed by atoms with van der Waals surface area (Å²) in [4.78, 5) is 16.4. The fourth-order valence-electron chi connectivity index (χ4n) is 1.77. The van der Waals surface area contributed by atoms with E-state index in [4.69, 9.17) is 18.9 Å². The molecule has 0 fully saturated rings. The second-order valence-corrected chi connectivity index (χ2v) is 4.55. The molecule has 1 aliphatic rings. The van der Waals surface area contributed by atoms with E-state index in [9.17, 15) is 4.79 Å². The van der Waals surface area contributed by atoms with Crippen molar-refractivity contribution in [1.29, 1.82) is 0 Å². The molecular formula is C15H20N2O5. The monoisotopic (exact) mass is 308 g/mol. The lowest BCUT2D eigenvalue weighted by molar-refractivity contribution is 0.0964. The van der Waals surface area contributed by atoms with Crippen molar-refractivity contribution < 1.29 is 23.7 Å². The van der Waals surface area contributed by atoms with E-state index in [-0.39, 0.29) is 18.7 Å². The number of hydrogen-bond acceptors (Lipinski definition) is 6. The Labute approximate surface area is 129 Å². The van der Waals surface area contributed by atoms with Crippen LogP contribution in [0.25, 0.3) is 0 Å². The highest BCUT2D eigenvalue weighted by Crippen LogP contribution is 2.32. The van der Waals surface area contributed by atoms with Gasteiger partial charge in [0.2, 0.25) is 6.79 Å². The van der Waals surface area contributed by atoms with E-state index in [2.05, 4.69) is 10.3 Å². The molecule has 22 heavy (non-hydrogen) atoms. The largest absolute Gasteiger partial charge is 0.465 e. The summed E-state index contributed by atoms with van der Waals surface area (Å²) in [5.74, 6) is 0.873. The highest BCUT2D eigenvalue weighted by molar-refractivity contribution is 6.04. The minimum atomic E-state index is -0.314. The van der Waals surface area contributed by atoms with Gasteiger partial charge in [0, 0.05) is 12.7 Å². The van der Waals surface area contributed by atoms with Crippen LogP contribution in [0.15, 0.2) is 23.2 Å². The molecule has 120 valence electrons. The van der Waals surface area contributed by atoms with Crippen LogP contribution in [0, 0.1) is 0 Å². The molecule has 1 aromatic rings. The van der Waals surface area contributed by atoms with Crippen LogP contribution in [-0.2, 0) is 9.47 Å². The van der Waals surface area contributed by atoms with Crippen LogP contribution in [-0.4, -0.2) is 45.6 Å². The van der Waals surface area contributed by atoms with E-state index in [1.807, 2.05) is 6.92 Å². The van der Waals surface area contributed by atoms with E-state index in [1.165, 1.54) is 0 Å². The number of amidine groups is 1. The first-order chi connectivity index (χ1) is 10.7. The summed E-state index contributed by atoms with van der Waals surface area (Å²) in [6.07, 6.45) is 0.823. The fourth-order valence-corrected chi connectivity index (χ4v) is 1.77. The molecule has 0 aromatic heterocycles. The molecule has 1 aromatic carbocycles. The van der Waals surface area contributed by atoms with Gasteiger partial charge in [0.15, 0.2) is 11.5 Å². The van der Waals surface area contributed by atoms with E-state index in [0.717, 1.165) is 6.42 Å². The van der Waals surface area contributed by atoms with Crippen molar-refractivity contribution in [2.45, 2.75) is 13.3 Å². The lowest BCUT2D eigenvalue weighted by atomic mass is 10.2. The molecule has 0 aliphatic carbocycles. The Morgan fingerprint density at radius 2 is 2.14 bits per heavy atom. The molecule has 0 saturated carbocycles. The summed E-state index contributed by atoms with van der Waals surface area (Å²) >= 11 is 0. The summed E-state index contributed by atoms with van der Waals surface area (Å²) in [6.45, 7) is 3.50. The molecule has 0 spiro atoms. The maximum absolute atomic E-state index is 12.3. The quantitative estimate of drug-likeness (QED) is 0.490. The summed E-state index contributed by atoms with van der Waals surface area (Å²) in [5.41, 5.74) is 0.448. The first-order valence-electron chi connectivity index (χ1n) is 7.11. The normalized spacial score (nSPS) is 13.1. The summed E-state index contributed by atoms with van der Waals surface area (Å²) in [6, 6.07) is 5.19. The van der Waals surface area contributed by atoms with Gasteiger partial charge in [-0.05, 0) is 24.6 Å². The average Bonchev–Trinajstić information content (AvgIpc) is 3.00. The fraction of sp³-hybridized carbons (Fsp3) is 0.467. The van der Waals surface area contributed by atoms with Crippen LogP contribution in [0.5, 0.6) is 11.5 Å². The highest BCUT2D eigenvalue weighted by atomic mass is 16.7. The number of nitrogens with one attached hydrogen (secondary N) is 1. The van der Waals surface area contributed by atoms with E-state index < -0.39 is 0 Å². The standard InChI is InChI=1S/C15H20N2O5/c1-3-7-20-15(16-6-8-19-2)17-14(18)11-4-5-12-13(9-11)22-10-21-12/h4-5,9H,3,6-8,10H2,1-2H3,(H,16,17,18). The van der Waals surface area contributed by atoms with Crippen LogP contribution in [0.2, 0.25) is 0 Å². The molecule has 7 nitrogen and oxygen atoms in total. The summed E-state index contributed by atoms with van der Waals surface area (Å²) < 4.78 is 20.8. The van der Waals surface area contributed by atoms with E-state index in [0.29, 0.717) is 36.8 Å². The number of ether oxygens (including phenoxy) is 4. The molecule has 0 radical (unpaired) electrons. The van der Waals surface area contributed by atoms with Crippen LogP contribution in [0.4, 0.5) is 0 Å². The Hall–Kier alpha value is -2.28. The molecule has 7 heteroatoms. The van der Waals surface area contributed by atoms with Crippen molar-refractivity contribution in [1.82, 2.24) is 5.32 Å². The van der Waals surface area contributed by atoms with Gasteiger partial charge in [-0.25, -0.2) is 4.99 Å². The molecule has 2 rings (SSSR count). The first-order valence-corrected chi connectivity index (χ1v) is 7.11. The third-order valence-electron chi connectivity index (χ3n) is 2.85. The first kappa shape index (κ1) is 16.1. The Morgan fingerprint density at radius 3 is 2.91 bits per heavy atom. The highest BCUT2D eigenvalue weighted by Gasteiger charge is 2.17. The maximum atomic E-state index is 12.3. The Bertz CT molecular complexity index is 545. The SMILES string of the molecule is CCCOC(=NCCOC)NC(=O)c1ccc2c(c1)OCO2. The molecule has 1 heterocycles. The lowest BCUT2D eigenvalue weighted by Crippen LogP contribution is -2.33. The Balaban J connectivity index is 2.01. The smallest absolute Gasteiger partial charge is 0.291 e. The lowest BCUT2D eigenvalue weighted by Gasteiger charge is -2.10. The zero-order valence-corrected chi connectivity index (χ0v) is 12.8. The molecule has 1 amide bonds. The topological polar surface area (TPSA) is 78.4 Å². The summed E-state index contributed by atoms with van der Waals surface area (Å²) in [7, 11) is 1.59. The second-order valence-electron chi connectivity index (χ2n) is 4.55. The van der Waals surface area contributed by atoms with Gasteiger partial charge in [-0.3, -0.25) is 10.1 Å². The van der Waals surface area contributed by atoms with Gasteiger partial charge >= 0.3 is 0 Å². The minimum absolute atomic E-state index is 0.170. The minimum Gasteiger partial charge on any atom is -0.465 e. The number of nitrogens with zero attached hydrogens (tertiary/aromatic N) is 1. The average molecular weight is 308 g/mol. The van der Waals surface area contributed by atoms with Crippen molar-refractivity contribution in [3.63, 3.8) is 0 Å². The predicted octanol–water partition coefficient (Wildman–Crippen LogP) is 1.57. The third-order valence-corrected chi connectivity index (χ3v) is 2.85. The van der Waals surface area contributed by atoms with Crippen LogP contribution in [0.3, 0.4) is 0 Å². The zero-order valence-electron chi connectivity index (χ0n) is 12.8. The molecule has 1 N–H and O–H groups in total. The second kappa shape index (κ2) is 8.23. The number of fused-ring (bicyclic) bond motifs is 1. The van der Waals surface area contributed by atoms with Gasteiger partial charge in [-0.15, -0.1) is 0 Å². The molecule has 0 unspecified atom stereocenters. The molecule has 1 aliphatic heterocycles. The van der Waals surface area contributed by atoms with Gasteiger partial charge in [0.25, 0.3) is 11.9 Å². The van der Waals surface area contributed by atoms with Gasteiger partial charge < -0.3 is 18.9 Å². The van der Waals surface area contributed by atoms with E-state index in [1.54, 1.807) is 25.3 Å². The Kier molecular flexibility index (Phi) is 6.02. The predicted molar refractivity (Wildman–Crippen MR) is 80.5 cm³/mol. The summed E-state index contributed by atoms with van der Waals surface area (Å²) in [5, 5.41) is 2.66. The number of benzene rings is 1. The van der Waals surface area contributed by atoms with Gasteiger partial charge in [0.05, 0.1) is 19.8 Å².